The van der Waals surface area contributed by atoms with E-state index in [1.807, 2.05) is 6.07 Å². The maximum Gasteiger partial charge on any atom is 0.134 e. The smallest absolute Gasteiger partial charge is 0.134 e. The lowest BCUT2D eigenvalue weighted by Crippen LogP contribution is -2.12. The number of rotatable bonds is 3. The van der Waals surface area contributed by atoms with Crippen LogP contribution in [-0.4, -0.2) is 11.7 Å². The lowest BCUT2D eigenvalue weighted by molar-refractivity contribution is 0.390. The number of halogens is 1. The summed E-state index contributed by atoms with van der Waals surface area (Å²) in [6.07, 6.45) is 1.09. The molecule has 2 N–H and O–H groups in total. The molecule has 0 aliphatic heterocycles. The predicted octanol–water partition coefficient (Wildman–Crippen LogP) is 3.89. The van der Waals surface area contributed by atoms with E-state index in [0.717, 1.165) is 18.7 Å². The molecule has 0 saturated carbocycles. The molecule has 0 heterocycles. The van der Waals surface area contributed by atoms with Crippen LogP contribution in [0, 0.1) is 5.41 Å². The topological polar surface area (TPSA) is 32.3 Å². The Hall–Kier alpha value is -0.890. The van der Waals surface area contributed by atoms with Crippen LogP contribution in [0.4, 0.5) is 5.69 Å². The number of benzene rings is 1. The molecule has 0 amide bonds. The van der Waals surface area contributed by atoms with Gasteiger partial charge in [0.25, 0.3) is 0 Å². The molecule has 84 valence electrons. The Labute approximate surface area is 96.3 Å². The Bertz CT molecular complexity index is 331. The van der Waals surface area contributed by atoms with Crippen molar-refractivity contribution in [2.24, 2.45) is 5.41 Å². The molecule has 15 heavy (non-hydrogen) atoms. The highest BCUT2D eigenvalue weighted by Crippen LogP contribution is 2.26. The van der Waals surface area contributed by atoms with E-state index < -0.39 is 0 Å². The number of phenolic OH excluding ortho intramolecular Hbond substituents is 1. The Morgan fingerprint density at radius 1 is 1.33 bits per heavy atom. The summed E-state index contributed by atoms with van der Waals surface area (Å²) in [6, 6.07) is 5.16. The van der Waals surface area contributed by atoms with Gasteiger partial charge >= 0.3 is 0 Å². The van der Waals surface area contributed by atoms with E-state index in [1.165, 1.54) is 0 Å². The van der Waals surface area contributed by atoms with Crippen LogP contribution >= 0.6 is 11.6 Å². The molecule has 2 nitrogen and oxygen atoms in total. The number of aromatic hydroxyl groups is 1. The average molecular weight is 228 g/mol. The molecule has 1 aromatic rings. The summed E-state index contributed by atoms with van der Waals surface area (Å²) in [4.78, 5) is 0. The van der Waals surface area contributed by atoms with Crippen LogP contribution in [0.3, 0.4) is 0 Å². The van der Waals surface area contributed by atoms with Gasteiger partial charge in [-0.05, 0) is 30.0 Å². The number of anilines is 1. The summed E-state index contributed by atoms with van der Waals surface area (Å²) in [5, 5.41) is 12.9. The molecule has 1 aromatic carbocycles. The molecule has 0 unspecified atom stereocenters. The second kappa shape index (κ2) is 4.75. The zero-order valence-electron chi connectivity index (χ0n) is 9.47. The molecule has 0 bridgehead atoms. The molecule has 1 rings (SSSR count). The van der Waals surface area contributed by atoms with E-state index >= 15 is 0 Å². The minimum absolute atomic E-state index is 0.123. The predicted molar refractivity (Wildman–Crippen MR) is 65.7 cm³/mol. The van der Waals surface area contributed by atoms with Gasteiger partial charge in [-0.15, -0.1) is 0 Å². The van der Waals surface area contributed by atoms with E-state index in [2.05, 4.69) is 26.1 Å². The van der Waals surface area contributed by atoms with Crippen LogP contribution in [0.15, 0.2) is 18.2 Å². The lowest BCUT2D eigenvalue weighted by atomic mass is 9.92. The number of nitrogens with one attached hydrogen (secondary N) is 1. The summed E-state index contributed by atoms with van der Waals surface area (Å²) in [6.45, 7) is 7.53. The van der Waals surface area contributed by atoms with Gasteiger partial charge < -0.3 is 10.4 Å². The highest BCUT2D eigenvalue weighted by atomic mass is 35.5. The second-order valence-electron chi connectivity index (χ2n) is 4.90. The zero-order valence-corrected chi connectivity index (χ0v) is 10.2. The maximum absolute atomic E-state index is 9.24. The standard InChI is InChI=1S/C12H18ClNO/c1-12(2,3)6-7-14-9-4-5-11(15)10(13)8-9/h4-5,8,14-15H,6-7H2,1-3H3. The van der Waals surface area contributed by atoms with E-state index in [9.17, 15) is 5.11 Å². The second-order valence-corrected chi connectivity index (χ2v) is 5.31. The monoisotopic (exact) mass is 227 g/mol. The molecular weight excluding hydrogens is 210 g/mol. The number of phenols is 1. The molecule has 0 atom stereocenters. The average Bonchev–Trinajstić information content (AvgIpc) is 2.09. The van der Waals surface area contributed by atoms with Crippen molar-refractivity contribution in [1.29, 1.82) is 0 Å². The lowest BCUT2D eigenvalue weighted by Gasteiger charge is -2.18. The van der Waals surface area contributed by atoms with Gasteiger partial charge in [0.05, 0.1) is 5.02 Å². The van der Waals surface area contributed by atoms with Crippen molar-refractivity contribution in [3.63, 3.8) is 0 Å². The van der Waals surface area contributed by atoms with Crippen molar-refractivity contribution in [2.75, 3.05) is 11.9 Å². The van der Waals surface area contributed by atoms with Gasteiger partial charge in [-0.25, -0.2) is 0 Å². The van der Waals surface area contributed by atoms with Crippen LogP contribution in [0.5, 0.6) is 5.75 Å². The minimum Gasteiger partial charge on any atom is -0.506 e. The molecular formula is C12H18ClNO. The molecule has 0 aromatic heterocycles. The van der Waals surface area contributed by atoms with Gasteiger partial charge in [-0.3, -0.25) is 0 Å². The van der Waals surface area contributed by atoms with Gasteiger partial charge in [0.2, 0.25) is 0 Å². The Morgan fingerprint density at radius 2 is 2.00 bits per heavy atom. The van der Waals surface area contributed by atoms with Crippen LogP contribution < -0.4 is 5.32 Å². The molecule has 0 aliphatic carbocycles. The Kier molecular flexibility index (Phi) is 3.86. The first-order valence-electron chi connectivity index (χ1n) is 5.11. The zero-order chi connectivity index (χ0) is 11.5. The largest absolute Gasteiger partial charge is 0.506 e. The van der Waals surface area contributed by atoms with Gasteiger partial charge in [-0.2, -0.15) is 0 Å². The van der Waals surface area contributed by atoms with Crippen molar-refractivity contribution >= 4 is 17.3 Å². The van der Waals surface area contributed by atoms with E-state index in [4.69, 9.17) is 11.6 Å². The third kappa shape index (κ3) is 4.43. The highest BCUT2D eigenvalue weighted by Gasteiger charge is 2.09. The maximum atomic E-state index is 9.24. The van der Waals surface area contributed by atoms with Crippen LogP contribution in [-0.2, 0) is 0 Å². The summed E-state index contributed by atoms with van der Waals surface area (Å²) < 4.78 is 0. The van der Waals surface area contributed by atoms with Gasteiger partial charge in [0, 0.05) is 12.2 Å². The van der Waals surface area contributed by atoms with Crippen LogP contribution in [0.2, 0.25) is 5.02 Å². The van der Waals surface area contributed by atoms with Crippen LogP contribution in [0.1, 0.15) is 27.2 Å². The molecule has 0 fully saturated rings. The van der Waals surface area contributed by atoms with Crippen molar-refractivity contribution in [2.45, 2.75) is 27.2 Å². The van der Waals surface area contributed by atoms with Crippen molar-refractivity contribution < 1.29 is 5.11 Å². The third-order valence-electron chi connectivity index (χ3n) is 2.15. The van der Waals surface area contributed by atoms with Gasteiger partial charge in [0.15, 0.2) is 0 Å². The first kappa shape index (κ1) is 12.2. The fraction of sp³-hybridized carbons (Fsp3) is 0.500. The normalized spacial score (nSPS) is 11.5. The Balaban J connectivity index is 2.48. The number of hydrogen-bond acceptors (Lipinski definition) is 2. The molecule has 0 saturated heterocycles. The summed E-state index contributed by atoms with van der Waals surface area (Å²) in [7, 11) is 0. The fourth-order valence-corrected chi connectivity index (χ4v) is 1.38. The molecule has 3 heteroatoms. The molecule has 0 aliphatic rings. The third-order valence-corrected chi connectivity index (χ3v) is 2.45. The van der Waals surface area contributed by atoms with E-state index in [1.54, 1.807) is 12.1 Å². The van der Waals surface area contributed by atoms with E-state index in [0.29, 0.717) is 10.4 Å². The van der Waals surface area contributed by atoms with Crippen molar-refractivity contribution in [3.05, 3.63) is 23.2 Å². The van der Waals surface area contributed by atoms with Gasteiger partial charge in [0.1, 0.15) is 5.75 Å². The minimum atomic E-state index is 0.123. The van der Waals surface area contributed by atoms with Crippen molar-refractivity contribution in [3.8, 4) is 5.75 Å². The fourth-order valence-electron chi connectivity index (χ4n) is 1.20. The summed E-state index contributed by atoms with van der Waals surface area (Å²) >= 11 is 5.79. The van der Waals surface area contributed by atoms with Gasteiger partial charge in [-0.1, -0.05) is 32.4 Å². The van der Waals surface area contributed by atoms with E-state index in [-0.39, 0.29) is 5.75 Å². The highest BCUT2D eigenvalue weighted by molar-refractivity contribution is 6.32. The number of hydrogen-bond donors (Lipinski definition) is 2. The molecule has 0 radical (unpaired) electrons. The summed E-state index contributed by atoms with van der Waals surface area (Å²) in [5.41, 5.74) is 1.27. The van der Waals surface area contributed by atoms with Crippen molar-refractivity contribution in [1.82, 2.24) is 0 Å². The Morgan fingerprint density at radius 3 is 2.53 bits per heavy atom. The molecule has 0 spiro atoms. The first-order valence-corrected chi connectivity index (χ1v) is 5.49. The first-order chi connectivity index (χ1) is 6.88. The summed E-state index contributed by atoms with van der Waals surface area (Å²) in [5.74, 6) is 0.123. The van der Waals surface area contributed by atoms with Crippen LogP contribution in [0.25, 0.3) is 0 Å². The quantitative estimate of drug-likeness (QED) is 0.768. The SMILES string of the molecule is CC(C)(C)CCNc1ccc(O)c(Cl)c1.